The molecule has 0 N–H and O–H groups in total. The molecule has 0 fully saturated rings. The van der Waals surface area contributed by atoms with Gasteiger partial charge in [-0.05, 0) is 33.1 Å². The number of hydrogen-bond acceptors (Lipinski definition) is 1. The summed E-state index contributed by atoms with van der Waals surface area (Å²) in [5.74, 6) is 0.269. The van der Waals surface area contributed by atoms with Gasteiger partial charge in [0, 0.05) is 11.1 Å². The van der Waals surface area contributed by atoms with Gasteiger partial charge in [-0.25, -0.2) is 0 Å². The molecule has 1 heteroatoms. The lowest BCUT2D eigenvalue weighted by atomic mass is 10.0. The van der Waals surface area contributed by atoms with Gasteiger partial charge in [0.15, 0.2) is 5.78 Å². The fourth-order valence-corrected chi connectivity index (χ4v) is 1.99. The van der Waals surface area contributed by atoms with Crippen molar-refractivity contribution in [1.82, 2.24) is 0 Å². The molecule has 1 nitrogen and oxygen atoms in total. The molecule has 2 rings (SSSR count). The lowest BCUT2D eigenvalue weighted by Crippen LogP contribution is -1.99. The minimum Gasteiger partial charge on any atom is -0.289 e. The van der Waals surface area contributed by atoms with Gasteiger partial charge < -0.3 is 0 Å². The Hall–Kier alpha value is -1.11. The molecule has 0 saturated heterocycles. The molecule has 0 saturated carbocycles. The van der Waals surface area contributed by atoms with E-state index < -0.39 is 0 Å². The third-order valence-corrected chi connectivity index (χ3v) is 2.79. The van der Waals surface area contributed by atoms with Gasteiger partial charge in [-0.3, -0.25) is 4.79 Å². The van der Waals surface area contributed by atoms with Crippen molar-refractivity contribution in [2.75, 3.05) is 0 Å². The van der Waals surface area contributed by atoms with Crippen LogP contribution >= 0.6 is 0 Å². The van der Waals surface area contributed by atoms with Crippen LogP contribution in [0, 0.1) is 0 Å². The molecule has 0 radical (unpaired) electrons. The molecule has 0 aromatic carbocycles. The maximum atomic E-state index is 11.8. The quantitative estimate of drug-likeness (QED) is 0.516. The first kappa shape index (κ1) is 8.49. The van der Waals surface area contributed by atoms with Crippen molar-refractivity contribution in [3.8, 4) is 0 Å². The third-order valence-electron chi connectivity index (χ3n) is 2.79. The number of ketones is 1. The molecule has 0 heterocycles. The fourth-order valence-electron chi connectivity index (χ4n) is 1.99. The summed E-state index contributed by atoms with van der Waals surface area (Å²) in [7, 11) is 0. The fraction of sp³-hybridized carbons (Fsp3) is 0.417. The zero-order valence-corrected chi connectivity index (χ0v) is 8.18. The van der Waals surface area contributed by atoms with Gasteiger partial charge in [-0.2, -0.15) is 0 Å². The third kappa shape index (κ3) is 1.28. The Kier molecular flexibility index (Phi) is 1.95. The van der Waals surface area contributed by atoms with Crippen LogP contribution in [-0.4, -0.2) is 5.78 Å². The van der Waals surface area contributed by atoms with E-state index in [1.165, 1.54) is 11.1 Å². The van der Waals surface area contributed by atoms with E-state index in [9.17, 15) is 4.79 Å². The molecular weight excluding hydrogens is 160 g/mol. The highest BCUT2D eigenvalue weighted by Gasteiger charge is 2.27. The first-order valence-corrected chi connectivity index (χ1v) is 4.80. The van der Waals surface area contributed by atoms with Crippen molar-refractivity contribution < 1.29 is 4.79 Å². The number of carbonyl (C=O) groups is 1. The molecule has 0 aromatic rings. The number of hydrogen-bond donors (Lipinski definition) is 0. The van der Waals surface area contributed by atoms with E-state index in [4.69, 9.17) is 0 Å². The topological polar surface area (TPSA) is 17.1 Å². The maximum absolute atomic E-state index is 11.8. The first-order valence-electron chi connectivity index (χ1n) is 4.80. The van der Waals surface area contributed by atoms with Crippen LogP contribution < -0.4 is 0 Å². The zero-order chi connectivity index (χ0) is 9.42. The second kappa shape index (κ2) is 2.99. The summed E-state index contributed by atoms with van der Waals surface area (Å²) in [4.78, 5) is 11.8. The van der Waals surface area contributed by atoms with E-state index in [0.29, 0.717) is 0 Å². The van der Waals surface area contributed by atoms with Gasteiger partial charge in [-0.15, -0.1) is 0 Å². The van der Waals surface area contributed by atoms with Crippen LogP contribution in [-0.2, 0) is 4.79 Å². The Morgan fingerprint density at radius 1 is 1.38 bits per heavy atom. The normalized spacial score (nSPS) is 21.1. The molecule has 68 valence electrons. The van der Waals surface area contributed by atoms with Crippen molar-refractivity contribution in [2.45, 2.75) is 33.1 Å². The largest absolute Gasteiger partial charge is 0.289 e. The average molecular weight is 174 g/mol. The van der Waals surface area contributed by atoms with Gasteiger partial charge in [0.25, 0.3) is 0 Å². The Bertz CT molecular complexity index is 349. The second-order valence-corrected chi connectivity index (χ2v) is 3.94. The Morgan fingerprint density at radius 3 is 2.77 bits per heavy atom. The van der Waals surface area contributed by atoms with Gasteiger partial charge in [0.2, 0.25) is 0 Å². The molecule has 0 aromatic heterocycles. The summed E-state index contributed by atoms with van der Waals surface area (Å²) in [5, 5.41) is 0. The summed E-state index contributed by atoms with van der Waals surface area (Å²) in [6.07, 6.45) is 7.18. The van der Waals surface area contributed by atoms with E-state index in [0.717, 1.165) is 30.4 Å². The van der Waals surface area contributed by atoms with E-state index in [-0.39, 0.29) is 5.78 Å². The van der Waals surface area contributed by atoms with Crippen LogP contribution in [0.15, 0.2) is 34.4 Å². The zero-order valence-electron chi connectivity index (χ0n) is 8.18. The molecule has 13 heavy (non-hydrogen) atoms. The van der Waals surface area contributed by atoms with Gasteiger partial charge >= 0.3 is 0 Å². The predicted molar refractivity (Wildman–Crippen MR) is 53.4 cm³/mol. The van der Waals surface area contributed by atoms with E-state index in [1.807, 2.05) is 19.9 Å². The highest BCUT2D eigenvalue weighted by Crippen LogP contribution is 2.35. The van der Waals surface area contributed by atoms with E-state index in [1.54, 1.807) is 0 Å². The Balaban J connectivity index is 2.41. The molecule has 0 atom stereocenters. The Morgan fingerprint density at radius 2 is 2.15 bits per heavy atom. The maximum Gasteiger partial charge on any atom is 0.189 e. The molecule has 2 aliphatic rings. The average Bonchev–Trinajstić information content (AvgIpc) is 2.45. The van der Waals surface area contributed by atoms with E-state index >= 15 is 0 Å². The molecule has 0 spiro atoms. The first-order chi connectivity index (χ1) is 6.20. The highest BCUT2D eigenvalue weighted by molar-refractivity contribution is 6.14. The van der Waals surface area contributed by atoms with Gasteiger partial charge in [0.05, 0.1) is 0 Å². The van der Waals surface area contributed by atoms with Crippen LogP contribution in [0.1, 0.15) is 33.1 Å². The smallest absolute Gasteiger partial charge is 0.189 e. The summed E-state index contributed by atoms with van der Waals surface area (Å²) in [6.45, 7) is 4.05. The summed E-state index contributed by atoms with van der Waals surface area (Å²) >= 11 is 0. The predicted octanol–water partition coefficient (Wildman–Crippen LogP) is 2.94. The lowest BCUT2D eigenvalue weighted by molar-refractivity contribution is -0.111. The van der Waals surface area contributed by atoms with Crippen LogP contribution in [0.5, 0.6) is 0 Å². The summed E-state index contributed by atoms with van der Waals surface area (Å²) in [6, 6.07) is 0. The molecule has 2 aliphatic carbocycles. The molecule has 0 unspecified atom stereocenters. The Labute approximate surface area is 78.8 Å². The van der Waals surface area contributed by atoms with Crippen molar-refractivity contribution >= 4 is 5.78 Å². The van der Waals surface area contributed by atoms with Gasteiger partial charge in [-0.1, -0.05) is 23.3 Å². The summed E-state index contributed by atoms with van der Waals surface area (Å²) < 4.78 is 0. The second-order valence-electron chi connectivity index (χ2n) is 3.94. The van der Waals surface area contributed by atoms with Crippen molar-refractivity contribution in [3.05, 3.63) is 34.4 Å². The van der Waals surface area contributed by atoms with Crippen molar-refractivity contribution in [2.24, 2.45) is 0 Å². The van der Waals surface area contributed by atoms with Crippen LogP contribution in [0.2, 0.25) is 0 Å². The molecule has 0 amide bonds. The number of Topliss-reactive ketones (excluding diaryl/α,β-unsaturated/α-hetero) is 1. The minimum atomic E-state index is 0.269. The standard InChI is InChI=1S/C12H14O/c1-8(2)11-7-9-5-3-4-6-10(9)12(11)13/h4,6H,3,5,7H2,1-2H3. The van der Waals surface area contributed by atoms with E-state index in [2.05, 4.69) is 6.08 Å². The number of carbonyl (C=O) groups excluding carboxylic acids is 1. The molecular formula is C12H14O. The number of allylic oxidation sites excluding steroid dienone is 6. The summed E-state index contributed by atoms with van der Waals surface area (Å²) in [5.41, 5.74) is 4.52. The monoisotopic (exact) mass is 174 g/mol. The molecule has 0 bridgehead atoms. The molecule has 0 aliphatic heterocycles. The number of rotatable bonds is 0. The van der Waals surface area contributed by atoms with Crippen LogP contribution in [0.4, 0.5) is 0 Å². The van der Waals surface area contributed by atoms with Crippen molar-refractivity contribution in [3.63, 3.8) is 0 Å². The highest BCUT2D eigenvalue weighted by atomic mass is 16.1. The van der Waals surface area contributed by atoms with Crippen molar-refractivity contribution in [1.29, 1.82) is 0 Å². The minimum absolute atomic E-state index is 0.269. The van der Waals surface area contributed by atoms with Crippen LogP contribution in [0.3, 0.4) is 0 Å². The van der Waals surface area contributed by atoms with Crippen LogP contribution in [0.25, 0.3) is 0 Å². The SMILES string of the molecule is CC(C)=C1CC2=C(C=CCC2)C1=O. The lowest BCUT2D eigenvalue weighted by Gasteiger charge is -2.04. The van der Waals surface area contributed by atoms with Gasteiger partial charge in [0.1, 0.15) is 0 Å².